The fourth-order valence-electron chi connectivity index (χ4n) is 4.41. The molecule has 35 heavy (non-hydrogen) atoms. The second-order valence-electron chi connectivity index (χ2n) is 9.28. The van der Waals surface area contributed by atoms with E-state index in [4.69, 9.17) is 18.7 Å². The van der Waals surface area contributed by atoms with Gasteiger partial charge in [0.05, 0.1) is 30.0 Å². The number of carbonyl (C=O) groups excluding carboxylic acids is 2. The number of aliphatic hydroxyl groups is 1. The number of nitrogens with zero attached hydrogens (tertiary/aromatic N) is 2. The molecule has 0 amide bonds. The van der Waals surface area contributed by atoms with E-state index in [0.717, 1.165) is 11.8 Å². The van der Waals surface area contributed by atoms with Crippen LogP contribution in [0.4, 0.5) is 0 Å². The summed E-state index contributed by atoms with van der Waals surface area (Å²) in [4.78, 5) is 47.4. The van der Waals surface area contributed by atoms with E-state index in [1.165, 1.54) is 12.3 Å². The van der Waals surface area contributed by atoms with Gasteiger partial charge in [0.1, 0.15) is 18.1 Å². The number of aliphatic carboxylic acids is 1. The first-order valence-corrected chi connectivity index (χ1v) is 12.0. The molecule has 5 heterocycles. The quantitative estimate of drug-likeness (QED) is 0.452. The topological polar surface area (TPSA) is 164 Å². The number of oxime groups is 1. The summed E-state index contributed by atoms with van der Waals surface area (Å²) in [5, 5.41) is 24.3. The molecular formula is C23H24N2O9S. The van der Waals surface area contributed by atoms with Gasteiger partial charge in [0.2, 0.25) is 11.5 Å². The van der Waals surface area contributed by atoms with Gasteiger partial charge >= 0.3 is 11.9 Å². The van der Waals surface area contributed by atoms with Crippen LogP contribution in [0, 0.1) is 0 Å². The van der Waals surface area contributed by atoms with Crippen LogP contribution in [-0.2, 0) is 28.7 Å². The van der Waals surface area contributed by atoms with Gasteiger partial charge in [-0.25, -0.2) is 14.6 Å². The number of ether oxygens (including phenoxy) is 2. The number of hydrogen-bond donors (Lipinski definition) is 2. The molecule has 2 N–H and O–H groups in total. The Morgan fingerprint density at radius 3 is 2.66 bits per heavy atom. The van der Waals surface area contributed by atoms with Crippen LogP contribution in [0.25, 0.3) is 6.08 Å². The van der Waals surface area contributed by atoms with E-state index >= 15 is 0 Å². The van der Waals surface area contributed by atoms with Crippen molar-refractivity contribution in [2.75, 3.05) is 13.2 Å². The highest BCUT2D eigenvalue weighted by atomic mass is 32.2. The number of carboxylic acids is 1. The number of epoxide rings is 2. The van der Waals surface area contributed by atoms with Crippen molar-refractivity contribution < 1.29 is 43.3 Å². The largest absolute Gasteiger partial charge is 0.479 e. The van der Waals surface area contributed by atoms with Crippen LogP contribution in [-0.4, -0.2) is 79.1 Å². The minimum atomic E-state index is -1.63. The number of carboxylic acid groups (broad SMARTS) is 1. The average molecular weight is 505 g/mol. The third-order valence-electron chi connectivity index (χ3n) is 6.71. The second kappa shape index (κ2) is 8.70. The van der Waals surface area contributed by atoms with Gasteiger partial charge in [-0.3, -0.25) is 4.79 Å². The minimum Gasteiger partial charge on any atom is -0.479 e. The van der Waals surface area contributed by atoms with Crippen LogP contribution in [0.1, 0.15) is 44.2 Å². The van der Waals surface area contributed by atoms with Gasteiger partial charge in [0, 0.05) is 11.7 Å². The molecule has 4 aliphatic rings. The molecule has 4 aliphatic heterocycles. The lowest BCUT2D eigenvalue weighted by Crippen LogP contribution is -2.57. The fourth-order valence-corrected chi connectivity index (χ4v) is 6.39. The monoisotopic (exact) mass is 504 g/mol. The molecule has 0 aromatic carbocycles. The Morgan fingerprint density at radius 2 is 1.97 bits per heavy atom. The van der Waals surface area contributed by atoms with Crippen LogP contribution in [0.3, 0.4) is 0 Å². The normalized spacial score (nSPS) is 40.6. The Kier molecular flexibility index (Phi) is 5.94. The van der Waals surface area contributed by atoms with Crippen molar-refractivity contribution >= 4 is 41.3 Å². The number of fused-ring (bicyclic) bond motifs is 4. The second-order valence-corrected chi connectivity index (χ2v) is 10.9. The average Bonchev–Trinajstić information content (AvgIpc) is 3.72. The molecule has 5 rings (SSSR count). The van der Waals surface area contributed by atoms with E-state index in [1.807, 2.05) is 0 Å². The molecule has 11 nitrogen and oxygen atoms in total. The van der Waals surface area contributed by atoms with Gasteiger partial charge in [0.25, 0.3) is 0 Å². The van der Waals surface area contributed by atoms with Gasteiger partial charge in [-0.1, -0.05) is 17.3 Å². The Bertz CT molecular complexity index is 1150. The highest BCUT2D eigenvalue weighted by Crippen LogP contribution is 2.59. The van der Waals surface area contributed by atoms with Gasteiger partial charge < -0.3 is 28.9 Å². The number of allylic oxidation sites excluding steroid dienone is 3. The van der Waals surface area contributed by atoms with Crippen molar-refractivity contribution in [1.29, 1.82) is 0 Å². The molecule has 1 aromatic rings. The molecule has 4 bridgehead atoms. The number of aromatic nitrogens is 1. The van der Waals surface area contributed by atoms with Crippen LogP contribution in [0.2, 0.25) is 0 Å². The molecule has 0 unspecified atom stereocenters. The van der Waals surface area contributed by atoms with E-state index in [9.17, 15) is 24.6 Å². The zero-order valence-corrected chi connectivity index (χ0v) is 19.7. The van der Waals surface area contributed by atoms with Crippen molar-refractivity contribution in [1.82, 2.24) is 4.98 Å². The fraction of sp³-hybridized carbons (Fsp3) is 0.522. The maximum absolute atomic E-state index is 13.0. The van der Waals surface area contributed by atoms with Gasteiger partial charge in [0.15, 0.2) is 11.5 Å². The number of carbonyl (C=O) groups is 3. The first-order valence-electron chi connectivity index (χ1n) is 11.1. The maximum Gasteiger partial charge on any atom is 0.339 e. The van der Waals surface area contributed by atoms with E-state index in [1.54, 1.807) is 25.2 Å². The van der Waals surface area contributed by atoms with Crippen LogP contribution in [0.15, 0.2) is 34.1 Å². The molecule has 0 radical (unpaired) electrons. The number of rotatable bonds is 3. The Balaban J connectivity index is 1.53. The standard InChI is InChI=1S/C23H24N2O9S/c1-21(30)6-7-22(23(12-33-23)20(28)29)9-17(27)34-25-18(15-11-31-15)19-24-13(10-32-19)4-2-3-5-14(26)8-16(21)35-22/h2-5,10,15-16,30H,6-9,11-12H2,1H3,(H,28,29)/b4-2-,5-3+,25-18-/t15-,16+,21-,22-,23-/m1/s1. The van der Waals surface area contributed by atoms with Crippen LogP contribution >= 0.6 is 11.8 Å². The lowest BCUT2D eigenvalue weighted by Gasteiger charge is -2.48. The van der Waals surface area contributed by atoms with E-state index < -0.39 is 39.2 Å². The summed E-state index contributed by atoms with van der Waals surface area (Å²) in [7, 11) is 0. The van der Waals surface area contributed by atoms with Crippen LogP contribution in [0.5, 0.6) is 0 Å². The zero-order chi connectivity index (χ0) is 24.8. The van der Waals surface area contributed by atoms with Gasteiger partial charge in [-0.2, -0.15) is 0 Å². The van der Waals surface area contributed by atoms with E-state index in [0.29, 0.717) is 12.3 Å². The maximum atomic E-state index is 13.0. The summed E-state index contributed by atoms with van der Waals surface area (Å²) in [5.74, 6) is -2.12. The molecule has 12 heteroatoms. The summed E-state index contributed by atoms with van der Waals surface area (Å²) in [6, 6.07) is 0. The summed E-state index contributed by atoms with van der Waals surface area (Å²) in [5.41, 5.74) is -2.21. The predicted molar refractivity (Wildman–Crippen MR) is 122 cm³/mol. The van der Waals surface area contributed by atoms with Gasteiger partial charge in [-0.05, 0) is 31.9 Å². The predicted octanol–water partition coefficient (Wildman–Crippen LogP) is 1.49. The molecule has 186 valence electrons. The summed E-state index contributed by atoms with van der Waals surface area (Å²) in [6.07, 6.45) is 7.08. The Labute approximate surface area is 204 Å². The van der Waals surface area contributed by atoms with Crippen molar-refractivity contribution in [3.8, 4) is 0 Å². The molecule has 5 atom stereocenters. The highest BCUT2D eigenvalue weighted by molar-refractivity contribution is 8.01. The molecule has 0 saturated carbocycles. The number of hydrogen-bond acceptors (Lipinski definition) is 11. The smallest absolute Gasteiger partial charge is 0.339 e. The summed E-state index contributed by atoms with van der Waals surface area (Å²) >= 11 is 1.10. The highest BCUT2D eigenvalue weighted by Gasteiger charge is 2.70. The van der Waals surface area contributed by atoms with E-state index in [-0.39, 0.29) is 49.7 Å². The summed E-state index contributed by atoms with van der Waals surface area (Å²) < 4.78 is 14.9. The van der Waals surface area contributed by atoms with E-state index in [2.05, 4.69) is 10.1 Å². The minimum absolute atomic E-state index is 0.0517. The molecule has 3 fully saturated rings. The Morgan fingerprint density at radius 1 is 1.23 bits per heavy atom. The molecule has 1 aromatic heterocycles. The third-order valence-corrected chi connectivity index (χ3v) is 8.80. The summed E-state index contributed by atoms with van der Waals surface area (Å²) in [6.45, 7) is 1.89. The van der Waals surface area contributed by atoms with Crippen molar-refractivity contribution in [2.24, 2.45) is 5.16 Å². The van der Waals surface area contributed by atoms with Crippen molar-refractivity contribution in [3.63, 3.8) is 0 Å². The molecule has 3 saturated heterocycles. The third kappa shape index (κ3) is 4.58. The first-order chi connectivity index (χ1) is 16.6. The molecule has 0 spiro atoms. The Hall–Kier alpha value is -2.80. The number of ketones is 1. The van der Waals surface area contributed by atoms with Crippen LogP contribution < -0.4 is 0 Å². The molecule has 0 aliphatic carbocycles. The van der Waals surface area contributed by atoms with Crippen molar-refractivity contribution in [2.45, 2.75) is 59.9 Å². The van der Waals surface area contributed by atoms with Gasteiger partial charge in [-0.15, -0.1) is 11.8 Å². The zero-order valence-electron chi connectivity index (χ0n) is 18.8. The SMILES string of the molecule is C[C@@]1(O)CC[C@]2([C@]3(C(=O)O)CO3)CC(=O)O/N=C(/[C@H]3CO3)c3nc(co3)/C=C\C=C\C(=O)C[C@@H]1S2. The first kappa shape index (κ1) is 23.9. The number of thioether (sulfide) groups is 1. The lowest BCUT2D eigenvalue weighted by molar-refractivity contribution is -0.149. The lowest BCUT2D eigenvalue weighted by atomic mass is 9.79. The number of oxazole rings is 1. The molecular weight excluding hydrogens is 480 g/mol. The van der Waals surface area contributed by atoms with Crippen molar-refractivity contribution in [3.05, 3.63) is 36.1 Å².